The van der Waals surface area contributed by atoms with Gasteiger partial charge in [-0.2, -0.15) is 0 Å². The third-order valence-electron chi connectivity index (χ3n) is 9.60. The largest absolute Gasteiger partial charge is 0.456 e. The molecule has 45 heavy (non-hydrogen) atoms. The molecule has 208 valence electrons. The van der Waals surface area contributed by atoms with Gasteiger partial charge in [-0.1, -0.05) is 127 Å². The van der Waals surface area contributed by atoms with E-state index in [0.29, 0.717) is 0 Å². The topological polar surface area (TPSA) is 13.1 Å². The summed E-state index contributed by atoms with van der Waals surface area (Å²) >= 11 is 0. The van der Waals surface area contributed by atoms with Gasteiger partial charge in [0.2, 0.25) is 0 Å². The van der Waals surface area contributed by atoms with Crippen LogP contribution in [0.5, 0.6) is 0 Å². The maximum Gasteiger partial charge on any atom is 0.136 e. The number of furan rings is 1. The lowest BCUT2D eigenvalue weighted by atomic mass is 9.87. The zero-order valence-electron chi connectivity index (χ0n) is 24.4. The van der Waals surface area contributed by atoms with Crippen molar-refractivity contribution in [3.63, 3.8) is 0 Å². The SMILES string of the molecule is c1ccc2cc3c(cc2c1)oc1cccc(-c2ccc4cccc(-c5c6ccccc6cc6c5ccc5ccccc56)c4c2)c13. The summed E-state index contributed by atoms with van der Waals surface area (Å²) in [6.07, 6.45) is 0. The van der Waals surface area contributed by atoms with Gasteiger partial charge in [-0.3, -0.25) is 0 Å². The molecule has 1 aromatic heterocycles. The first-order chi connectivity index (χ1) is 22.3. The zero-order chi connectivity index (χ0) is 29.5. The van der Waals surface area contributed by atoms with Crippen molar-refractivity contribution in [2.24, 2.45) is 0 Å². The van der Waals surface area contributed by atoms with Crippen molar-refractivity contribution in [3.05, 3.63) is 158 Å². The van der Waals surface area contributed by atoms with Crippen LogP contribution in [0, 0.1) is 0 Å². The van der Waals surface area contributed by atoms with Crippen LogP contribution in [-0.4, -0.2) is 0 Å². The Kier molecular flexibility index (Phi) is 5.06. The van der Waals surface area contributed by atoms with Gasteiger partial charge in [0, 0.05) is 10.8 Å². The second-order valence-corrected chi connectivity index (χ2v) is 12.1. The molecule has 10 aromatic rings. The van der Waals surface area contributed by atoms with E-state index in [9.17, 15) is 0 Å². The van der Waals surface area contributed by atoms with Crippen LogP contribution in [-0.2, 0) is 0 Å². The van der Waals surface area contributed by atoms with Crippen molar-refractivity contribution in [2.75, 3.05) is 0 Å². The molecular weight excluding hydrogens is 544 g/mol. The van der Waals surface area contributed by atoms with E-state index in [0.717, 1.165) is 21.9 Å². The van der Waals surface area contributed by atoms with Crippen molar-refractivity contribution in [1.29, 1.82) is 0 Å². The Morgan fingerprint density at radius 2 is 0.956 bits per heavy atom. The molecule has 0 N–H and O–H groups in total. The van der Waals surface area contributed by atoms with Crippen molar-refractivity contribution < 1.29 is 4.42 Å². The minimum absolute atomic E-state index is 0.915. The third kappa shape index (κ3) is 3.62. The smallest absolute Gasteiger partial charge is 0.136 e. The highest BCUT2D eigenvalue weighted by atomic mass is 16.3. The monoisotopic (exact) mass is 570 g/mol. The van der Waals surface area contributed by atoms with Crippen LogP contribution in [0.2, 0.25) is 0 Å². The molecule has 0 amide bonds. The fourth-order valence-electron chi connectivity index (χ4n) is 7.52. The molecule has 0 saturated heterocycles. The Balaban J connectivity index is 1.28. The summed E-state index contributed by atoms with van der Waals surface area (Å²) in [5.41, 5.74) is 6.75. The summed E-state index contributed by atoms with van der Waals surface area (Å²) in [5.74, 6) is 0. The number of benzene rings is 9. The Morgan fingerprint density at radius 1 is 0.311 bits per heavy atom. The normalized spacial score (nSPS) is 12.0. The Labute approximate surface area is 259 Å². The third-order valence-corrected chi connectivity index (χ3v) is 9.60. The van der Waals surface area contributed by atoms with Gasteiger partial charge in [-0.25, -0.2) is 0 Å². The van der Waals surface area contributed by atoms with Crippen molar-refractivity contribution in [2.45, 2.75) is 0 Å². The van der Waals surface area contributed by atoms with Gasteiger partial charge in [0.25, 0.3) is 0 Å². The highest BCUT2D eigenvalue weighted by Gasteiger charge is 2.17. The van der Waals surface area contributed by atoms with Crippen LogP contribution >= 0.6 is 0 Å². The molecule has 1 heterocycles. The number of rotatable bonds is 2. The minimum atomic E-state index is 0.915. The van der Waals surface area contributed by atoms with Crippen LogP contribution in [0.25, 0.3) is 98.1 Å². The molecule has 1 heteroatoms. The van der Waals surface area contributed by atoms with Crippen LogP contribution in [0.4, 0.5) is 0 Å². The van der Waals surface area contributed by atoms with Gasteiger partial charge in [0.15, 0.2) is 0 Å². The number of hydrogen-bond acceptors (Lipinski definition) is 1. The first-order valence-corrected chi connectivity index (χ1v) is 15.5. The van der Waals surface area contributed by atoms with E-state index in [1.54, 1.807) is 0 Å². The van der Waals surface area contributed by atoms with E-state index >= 15 is 0 Å². The molecule has 0 saturated carbocycles. The van der Waals surface area contributed by atoms with Gasteiger partial charge in [-0.05, 0) is 106 Å². The lowest BCUT2D eigenvalue weighted by Crippen LogP contribution is -1.89. The quantitative estimate of drug-likeness (QED) is 0.149. The minimum Gasteiger partial charge on any atom is -0.456 e. The summed E-state index contributed by atoms with van der Waals surface area (Å²) < 4.78 is 6.43. The summed E-state index contributed by atoms with van der Waals surface area (Å²) in [5, 5.41) is 14.8. The van der Waals surface area contributed by atoms with E-state index < -0.39 is 0 Å². The van der Waals surface area contributed by atoms with Crippen molar-refractivity contribution in [3.8, 4) is 22.3 Å². The molecule has 0 bridgehead atoms. The van der Waals surface area contributed by atoms with E-state index in [2.05, 4.69) is 158 Å². The highest BCUT2D eigenvalue weighted by Crippen LogP contribution is 2.44. The Bertz CT molecular complexity index is 2820. The number of hydrogen-bond donors (Lipinski definition) is 0. The molecule has 0 aliphatic heterocycles. The maximum atomic E-state index is 6.43. The summed E-state index contributed by atoms with van der Waals surface area (Å²) in [4.78, 5) is 0. The average molecular weight is 571 g/mol. The average Bonchev–Trinajstić information content (AvgIpc) is 3.46. The van der Waals surface area contributed by atoms with E-state index in [1.807, 2.05) is 0 Å². The predicted molar refractivity (Wildman–Crippen MR) is 192 cm³/mol. The lowest BCUT2D eigenvalue weighted by molar-refractivity contribution is 0.669. The molecule has 1 nitrogen and oxygen atoms in total. The molecule has 0 radical (unpaired) electrons. The fraction of sp³-hybridized carbons (Fsp3) is 0. The second kappa shape index (κ2) is 9.29. The molecule has 10 rings (SSSR count). The number of fused-ring (bicyclic) bond motifs is 9. The van der Waals surface area contributed by atoms with Crippen LogP contribution in [0.1, 0.15) is 0 Å². The van der Waals surface area contributed by atoms with E-state index in [1.165, 1.54) is 76.1 Å². The van der Waals surface area contributed by atoms with Crippen molar-refractivity contribution >= 4 is 75.8 Å². The van der Waals surface area contributed by atoms with E-state index in [4.69, 9.17) is 4.42 Å². The van der Waals surface area contributed by atoms with Crippen molar-refractivity contribution in [1.82, 2.24) is 0 Å². The lowest BCUT2D eigenvalue weighted by Gasteiger charge is -2.16. The summed E-state index contributed by atoms with van der Waals surface area (Å²) in [6, 6.07) is 57.5. The van der Waals surface area contributed by atoms with Gasteiger partial charge >= 0.3 is 0 Å². The second-order valence-electron chi connectivity index (χ2n) is 12.1. The Morgan fingerprint density at radius 3 is 1.84 bits per heavy atom. The zero-order valence-corrected chi connectivity index (χ0v) is 24.4. The molecule has 0 aliphatic rings. The van der Waals surface area contributed by atoms with Gasteiger partial charge in [0.1, 0.15) is 11.2 Å². The Hall–Kier alpha value is -5.92. The molecule has 0 aliphatic carbocycles. The maximum absolute atomic E-state index is 6.43. The molecule has 0 atom stereocenters. The first-order valence-electron chi connectivity index (χ1n) is 15.5. The van der Waals surface area contributed by atoms with Gasteiger partial charge < -0.3 is 4.42 Å². The molecular formula is C44H26O. The molecule has 0 fully saturated rings. The fourth-order valence-corrected chi connectivity index (χ4v) is 7.52. The highest BCUT2D eigenvalue weighted by molar-refractivity contribution is 6.23. The summed E-state index contributed by atoms with van der Waals surface area (Å²) in [7, 11) is 0. The standard InChI is InChI=1S/C44H26O/c1-2-11-30-26-42-40(23-29(30)10-1)44-35(16-8-18-41(44)45-42)32-20-19-28-13-7-17-36(38(28)24-32)43-34-15-6-4-12-31(34)25-39-33-14-5-3-9-27(33)21-22-37(39)43/h1-26H. The molecule has 9 aromatic carbocycles. The first kappa shape index (κ1) is 24.5. The van der Waals surface area contributed by atoms with E-state index in [-0.39, 0.29) is 0 Å². The van der Waals surface area contributed by atoms with Gasteiger partial charge in [-0.15, -0.1) is 0 Å². The van der Waals surface area contributed by atoms with Crippen LogP contribution < -0.4 is 0 Å². The molecule has 0 spiro atoms. The summed E-state index contributed by atoms with van der Waals surface area (Å²) in [6.45, 7) is 0. The van der Waals surface area contributed by atoms with Crippen LogP contribution in [0.3, 0.4) is 0 Å². The predicted octanol–water partition coefficient (Wildman–Crippen LogP) is 12.7. The molecule has 0 unspecified atom stereocenters. The van der Waals surface area contributed by atoms with Gasteiger partial charge in [0.05, 0.1) is 0 Å². The van der Waals surface area contributed by atoms with Crippen LogP contribution in [0.15, 0.2) is 162 Å².